The molecule has 1 atom stereocenters. The van der Waals surface area contributed by atoms with Gasteiger partial charge in [0.2, 0.25) is 0 Å². The number of benzene rings is 1. The highest BCUT2D eigenvalue weighted by atomic mass is 19.2. The number of fused-ring (bicyclic) bond motifs is 1. The molecule has 6 heteroatoms. The molecule has 2 saturated heterocycles. The van der Waals surface area contributed by atoms with Crippen LogP contribution in [0.15, 0.2) is 6.07 Å². The molecule has 2 fully saturated rings. The Morgan fingerprint density at radius 2 is 1.60 bits per heavy atom. The summed E-state index contributed by atoms with van der Waals surface area (Å²) in [6.07, 6.45) is 3.17. The van der Waals surface area contributed by atoms with E-state index in [1.165, 1.54) is 4.90 Å². The number of hydrogen-bond donors (Lipinski definition) is 0. The predicted octanol–water partition coefficient (Wildman–Crippen LogP) is 2.92. The molecule has 0 bridgehead atoms. The van der Waals surface area contributed by atoms with Crippen molar-refractivity contribution in [3.05, 3.63) is 29.3 Å². The van der Waals surface area contributed by atoms with E-state index in [2.05, 4.69) is 4.90 Å². The quantitative estimate of drug-likeness (QED) is 0.579. The summed E-state index contributed by atoms with van der Waals surface area (Å²) in [5.41, 5.74) is -0.562. The normalized spacial score (nSPS) is 23.8. The second kappa shape index (κ2) is 5.24. The van der Waals surface area contributed by atoms with Crippen LogP contribution in [0, 0.1) is 23.3 Å². The SMILES string of the molecule is Fc1cc(F)c(F)c(N2CCN3CCCCC3C2)c1F. The Balaban J connectivity index is 1.90. The fourth-order valence-electron chi connectivity index (χ4n) is 3.20. The van der Waals surface area contributed by atoms with Crippen LogP contribution < -0.4 is 4.90 Å². The molecule has 20 heavy (non-hydrogen) atoms. The number of rotatable bonds is 1. The monoisotopic (exact) mass is 288 g/mol. The Bertz CT molecular complexity index is 494. The molecule has 1 unspecified atom stereocenters. The molecule has 1 aromatic rings. The van der Waals surface area contributed by atoms with Gasteiger partial charge in [-0.1, -0.05) is 6.42 Å². The van der Waals surface area contributed by atoms with Gasteiger partial charge in [0.15, 0.2) is 23.3 Å². The smallest absolute Gasteiger partial charge is 0.185 e. The molecule has 0 spiro atoms. The second-order valence-corrected chi connectivity index (χ2v) is 5.45. The highest BCUT2D eigenvalue weighted by Gasteiger charge is 2.32. The highest BCUT2D eigenvalue weighted by molar-refractivity contribution is 5.50. The van der Waals surface area contributed by atoms with Crippen molar-refractivity contribution >= 4 is 5.69 Å². The molecule has 2 aliphatic rings. The lowest BCUT2D eigenvalue weighted by molar-refractivity contribution is 0.132. The Morgan fingerprint density at radius 3 is 2.30 bits per heavy atom. The van der Waals surface area contributed by atoms with Crippen molar-refractivity contribution in [2.75, 3.05) is 31.1 Å². The summed E-state index contributed by atoms with van der Waals surface area (Å²) in [7, 11) is 0. The maximum absolute atomic E-state index is 13.8. The molecule has 0 aromatic heterocycles. The molecule has 0 aliphatic carbocycles. The van der Waals surface area contributed by atoms with Gasteiger partial charge >= 0.3 is 0 Å². The molecule has 0 amide bonds. The van der Waals surface area contributed by atoms with E-state index >= 15 is 0 Å². The van der Waals surface area contributed by atoms with Gasteiger partial charge in [-0.15, -0.1) is 0 Å². The minimum Gasteiger partial charge on any atom is -0.364 e. The summed E-state index contributed by atoms with van der Waals surface area (Å²) < 4.78 is 54.2. The maximum atomic E-state index is 13.8. The van der Waals surface area contributed by atoms with Crippen LogP contribution >= 0.6 is 0 Å². The lowest BCUT2D eigenvalue weighted by Crippen LogP contribution is -2.55. The summed E-state index contributed by atoms with van der Waals surface area (Å²) in [6.45, 7) is 2.45. The molecule has 0 saturated carbocycles. The molecule has 2 nitrogen and oxygen atoms in total. The number of nitrogens with zero attached hydrogens (tertiary/aromatic N) is 2. The van der Waals surface area contributed by atoms with E-state index in [9.17, 15) is 17.6 Å². The van der Waals surface area contributed by atoms with Crippen LogP contribution in [-0.4, -0.2) is 37.1 Å². The van der Waals surface area contributed by atoms with Gasteiger partial charge in [0.25, 0.3) is 0 Å². The summed E-state index contributed by atoms with van der Waals surface area (Å²) in [6, 6.07) is 0.466. The van der Waals surface area contributed by atoms with Crippen molar-refractivity contribution in [3.63, 3.8) is 0 Å². The van der Waals surface area contributed by atoms with E-state index in [1.807, 2.05) is 0 Å². The number of piperazine rings is 1. The zero-order valence-electron chi connectivity index (χ0n) is 11.0. The standard InChI is InChI=1S/C14H16F4N2/c15-10-7-11(16)13(18)14(12(10)17)20-6-5-19-4-2-1-3-9(19)8-20/h7,9H,1-6,8H2. The van der Waals surface area contributed by atoms with Crippen molar-refractivity contribution in [3.8, 4) is 0 Å². The van der Waals surface area contributed by atoms with Gasteiger partial charge in [-0.2, -0.15) is 0 Å². The predicted molar refractivity (Wildman–Crippen MR) is 67.7 cm³/mol. The Hall–Kier alpha value is -1.30. The van der Waals surface area contributed by atoms with Gasteiger partial charge in [-0.25, -0.2) is 17.6 Å². The lowest BCUT2D eigenvalue weighted by Gasteiger charge is -2.44. The van der Waals surface area contributed by atoms with Crippen molar-refractivity contribution in [1.82, 2.24) is 4.90 Å². The molecule has 1 aromatic carbocycles. The first-order valence-corrected chi connectivity index (χ1v) is 6.90. The average Bonchev–Trinajstić information content (AvgIpc) is 2.45. The molecular formula is C14H16F4N2. The van der Waals surface area contributed by atoms with Crippen LogP contribution in [0.3, 0.4) is 0 Å². The van der Waals surface area contributed by atoms with E-state index < -0.39 is 29.0 Å². The van der Waals surface area contributed by atoms with Crippen molar-refractivity contribution in [2.45, 2.75) is 25.3 Å². The van der Waals surface area contributed by atoms with E-state index in [0.29, 0.717) is 19.6 Å². The van der Waals surface area contributed by atoms with Gasteiger partial charge in [0, 0.05) is 31.7 Å². The molecule has 2 heterocycles. The van der Waals surface area contributed by atoms with Gasteiger partial charge in [-0.3, -0.25) is 4.90 Å². The van der Waals surface area contributed by atoms with Gasteiger partial charge in [0.1, 0.15) is 5.69 Å². The molecule has 0 N–H and O–H groups in total. The summed E-state index contributed by atoms with van der Waals surface area (Å²) in [5.74, 6) is -5.28. The molecule has 110 valence electrons. The summed E-state index contributed by atoms with van der Waals surface area (Å²) in [4.78, 5) is 3.72. The third-order valence-corrected chi connectivity index (χ3v) is 4.24. The molecule has 0 radical (unpaired) electrons. The first-order chi connectivity index (χ1) is 9.58. The third kappa shape index (κ3) is 2.26. The summed E-state index contributed by atoms with van der Waals surface area (Å²) >= 11 is 0. The largest absolute Gasteiger partial charge is 0.364 e. The average molecular weight is 288 g/mol. The van der Waals surface area contributed by atoms with E-state index in [1.54, 1.807) is 0 Å². The third-order valence-electron chi connectivity index (χ3n) is 4.24. The van der Waals surface area contributed by atoms with E-state index in [4.69, 9.17) is 0 Å². The summed E-state index contributed by atoms with van der Waals surface area (Å²) in [5, 5.41) is 0. The minimum absolute atomic E-state index is 0.211. The van der Waals surface area contributed by atoms with Gasteiger partial charge in [-0.05, 0) is 19.4 Å². The zero-order valence-corrected chi connectivity index (χ0v) is 11.0. The number of halogens is 4. The zero-order chi connectivity index (χ0) is 14.3. The Kier molecular flexibility index (Phi) is 3.58. The van der Waals surface area contributed by atoms with Crippen LogP contribution in [-0.2, 0) is 0 Å². The first kappa shape index (κ1) is 13.7. The van der Waals surface area contributed by atoms with Crippen LogP contribution in [0.25, 0.3) is 0 Å². The first-order valence-electron chi connectivity index (χ1n) is 6.90. The van der Waals surface area contributed by atoms with Gasteiger partial charge < -0.3 is 4.90 Å². The molecule has 3 rings (SSSR count). The second-order valence-electron chi connectivity index (χ2n) is 5.45. The van der Waals surface area contributed by atoms with Crippen molar-refractivity contribution < 1.29 is 17.6 Å². The van der Waals surface area contributed by atoms with Crippen molar-refractivity contribution in [1.29, 1.82) is 0 Å². The fourth-order valence-corrected chi connectivity index (χ4v) is 3.20. The van der Waals surface area contributed by atoms with Crippen LogP contribution in [0.2, 0.25) is 0 Å². The highest BCUT2D eigenvalue weighted by Crippen LogP contribution is 2.31. The number of anilines is 1. The van der Waals surface area contributed by atoms with Crippen LogP contribution in [0.1, 0.15) is 19.3 Å². The van der Waals surface area contributed by atoms with Crippen LogP contribution in [0.5, 0.6) is 0 Å². The molecule has 2 aliphatic heterocycles. The van der Waals surface area contributed by atoms with E-state index in [-0.39, 0.29) is 12.1 Å². The minimum atomic E-state index is -1.34. The number of piperidine rings is 1. The molecular weight excluding hydrogens is 272 g/mol. The topological polar surface area (TPSA) is 6.48 Å². The fraction of sp³-hybridized carbons (Fsp3) is 0.571. The Labute approximate surface area is 115 Å². The Morgan fingerprint density at radius 1 is 0.900 bits per heavy atom. The van der Waals surface area contributed by atoms with Gasteiger partial charge in [0.05, 0.1) is 0 Å². The number of hydrogen-bond acceptors (Lipinski definition) is 2. The van der Waals surface area contributed by atoms with E-state index in [0.717, 1.165) is 25.8 Å². The van der Waals surface area contributed by atoms with Crippen LogP contribution in [0.4, 0.5) is 23.2 Å². The lowest BCUT2D eigenvalue weighted by atomic mass is 9.99. The maximum Gasteiger partial charge on any atom is 0.185 e. The van der Waals surface area contributed by atoms with Crippen molar-refractivity contribution in [2.24, 2.45) is 0 Å².